The summed E-state index contributed by atoms with van der Waals surface area (Å²) in [6.45, 7) is 0. The normalized spacial score (nSPS) is 15.7. The minimum Gasteiger partial charge on any atom is -0.453 e. The first kappa shape index (κ1) is 25.4. The van der Waals surface area contributed by atoms with Crippen LogP contribution in [0.15, 0.2) is 59.0 Å². The maximum Gasteiger partial charge on any atom is 0.407 e. The van der Waals surface area contributed by atoms with Gasteiger partial charge in [-0.1, -0.05) is 74.6 Å². The quantitative estimate of drug-likeness (QED) is 0.393. The van der Waals surface area contributed by atoms with Crippen molar-refractivity contribution in [3.63, 3.8) is 0 Å². The highest BCUT2D eigenvalue weighted by Crippen LogP contribution is 2.27. The lowest BCUT2D eigenvalue weighted by molar-refractivity contribution is -0.124. The van der Waals surface area contributed by atoms with E-state index in [9.17, 15) is 14.4 Å². The number of alkyl carbamates (subject to hydrolysis) is 1. The van der Waals surface area contributed by atoms with Gasteiger partial charge in [0.15, 0.2) is 5.58 Å². The average Bonchev–Trinajstić information content (AvgIpc) is 3.35. The third-order valence-corrected chi connectivity index (χ3v) is 6.79. The lowest BCUT2D eigenvalue weighted by atomic mass is 9.84. The van der Waals surface area contributed by atoms with E-state index in [4.69, 9.17) is 9.15 Å². The summed E-state index contributed by atoms with van der Waals surface area (Å²) in [7, 11) is 1.27. The first-order valence-corrected chi connectivity index (χ1v) is 12.6. The van der Waals surface area contributed by atoms with Crippen molar-refractivity contribution in [2.45, 2.75) is 63.5 Å². The van der Waals surface area contributed by atoms with Crippen LogP contribution in [0.25, 0.3) is 11.1 Å². The molecule has 0 bridgehead atoms. The smallest absolute Gasteiger partial charge is 0.407 e. The van der Waals surface area contributed by atoms with Crippen molar-refractivity contribution in [3.05, 3.63) is 66.1 Å². The molecule has 2 amide bonds. The molecule has 190 valence electrons. The number of hydrogen-bond acceptors (Lipinski definition) is 6. The lowest BCUT2D eigenvalue weighted by Gasteiger charge is -2.27. The molecule has 2 unspecified atom stereocenters. The molecular formula is C28H33N3O5. The number of aromatic nitrogens is 1. The number of ketones is 1. The Labute approximate surface area is 210 Å². The van der Waals surface area contributed by atoms with E-state index in [1.165, 1.54) is 13.5 Å². The number of nitrogens with one attached hydrogen (secondary N) is 2. The molecule has 1 aromatic heterocycles. The number of ether oxygens (including phenoxy) is 1. The fourth-order valence-corrected chi connectivity index (χ4v) is 4.81. The summed E-state index contributed by atoms with van der Waals surface area (Å²) >= 11 is 0. The van der Waals surface area contributed by atoms with Crippen LogP contribution in [0, 0.1) is 5.92 Å². The van der Waals surface area contributed by atoms with Crippen LogP contribution in [0.2, 0.25) is 0 Å². The molecule has 1 aliphatic rings. The number of fused-ring (bicyclic) bond motifs is 1. The number of carbonyl (C=O) groups is 3. The van der Waals surface area contributed by atoms with Gasteiger partial charge in [-0.05, 0) is 42.9 Å². The summed E-state index contributed by atoms with van der Waals surface area (Å²) in [6, 6.07) is 15.3. The van der Waals surface area contributed by atoms with Gasteiger partial charge in [-0.15, -0.1) is 0 Å². The first-order chi connectivity index (χ1) is 17.5. The van der Waals surface area contributed by atoms with E-state index in [1.807, 2.05) is 42.5 Å². The highest BCUT2D eigenvalue weighted by atomic mass is 16.5. The summed E-state index contributed by atoms with van der Waals surface area (Å²) < 4.78 is 10.5. The van der Waals surface area contributed by atoms with Crippen molar-refractivity contribution in [2.75, 3.05) is 7.11 Å². The van der Waals surface area contributed by atoms with Crippen molar-refractivity contribution >= 4 is 28.9 Å². The maximum absolute atomic E-state index is 13.5. The van der Waals surface area contributed by atoms with Gasteiger partial charge in [-0.2, -0.15) is 0 Å². The Hall–Kier alpha value is -3.68. The topological polar surface area (TPSA) is 111 Å². The molecule has 8 heteroatoms. The second kappa shape index (κ2) is 12.3. The van der Waals surface area contributed by atoms with Crippen LogP contribution in [0.3, 0.4) is 0 Å². The van der Waals surface area contributed by atoms with Gasteiger partial charge in [0.2, 0.25) is 11.7 Å². The molecule has 1 saturated carbocycles. The third-order valence-electron chi connectivity index (χ3n) is 6.79. The van der Waals surface area contributed by atoms with Gasteiger partial charge in [0.1, 0.15) is 11.6 Å². The Morgan fingerprint density at radius 2 is 1.69 bits per heavy atom. The lowest BCUT2D eigenvalue weighted by Crippen LogP contribution is -2.52. The van der Waals surface area contributed by atoms with Crippen molar-refractivity contribution in [1.82, 2.24) is 15.6 Å². The molecule has 0 saturated heterocycles. The molecule has 2 atom stereocenters. The average molecular weight is 492 g/mol. The Morgan fingerprint density at radius 3 is 2.42 bits per heavy atom. The number of methoxy groups -OCH3 is 1. The fourth-order valence-electron chi connectivity index (χ4n) is 4.81. The zero-order chi connectivity index (χ0) is 25.3. The van der Waals surface area contributed by atoms with Crippen LogP contribution >= 0.6 is 0 Å². The molecule has 1 fully saturated rings. The van der Waals surface area contributed by atoms with Gasteiger partial charge < -0.3 is 19.8 Å². The highest BCUT2D eigenvalue weighted by molar-refractivity contribution is 6.00. The largest absolute Gasteiger partial charge is 0.453 e. The van der Waals surface area contributed by atoms with Gasteiger partial charge in [-0.3, -0.25) is 9.59 Å². The first-order valence-electron chi connectivity index (χ1n) is 12.6. The van der Waals surface area contributed by atoms with Crippen LogP contribution in [0.4, 0.5) is 4.79 Å². The highest BCUT2D eigenvalue weighted by Gasteiger charge is 2.31. The molecule has 36 heavy (non-hydrogen) atoms. The van der Waals surface area contributed by atoms with Crippen molar-refractivity contribution < 1.29 is 23.5 Å². The van der Waals surface area contributed by atoms with E-state index in [1.54, 1.807) is 12.1 Å². The predicted molar refractivity (Wildman–Crippen MR) is 136 cm³/mol. The number of amides is 2. The molecule has 3 aromatic rings. The zero-order valence-electron chi connectivity index (χ0n) is 20.6. The van der Waals surface area contributed by atoms with Crippen LogP contribution in [-0.2, 0) is 16.0 Å². The van der Waals surface area contributed by atoms with E-state index < -0.39 is 29.9 Å². The van der Waals surface area contributed by atoms with Crippen molar-refractivity contribution in [2.24, 2.45) is 5.92 Å². The van der Waals surface area contributed by atoms with E-state index in [0.29, 0.717) is 36.3 Å². The number of benzene rings is 2. The Morgan fingerprint density at radius 1 is 0.972 bits per heavy atom. The predicted octanol–water partition coefficient (Wildman–Crippen LogP) is 4.82. The molecule has 2 aromatic carbocycles. The standard InChI is InChI=1S/C28H33N3O5/c1-35-28(34)31-23(18-20-12-6-3-7-13-20)26(33)29-22(17-16-19-10-4-2-5-11-19)25(32)27-30-21-14-8-9-15-24(21)36-27/h2,4-5,8-11,14-15,20,22-23H,3,6-7,12-13,16-18H2,1H3,(H,29,33)(H,31,34). The fraction of sp³-hybridized carbons (Fsp3) is 0.429. The van der Waals surface area contributed by atoms with Crippen molar-refractivity contribution in [1.29, 1.82) is 0 Å². The number of nitrogens with zero attached hydrogens (tertiary/aromatic N) is 1. The Kier molecular flexibility index (Phi) is 8.71. The van der Waals surface area contributed by atoms with Gasteiger partial charge in [0.25, 0.3) is 5.89 Å². The van der Waals surface area contributed by atoms with E-state index in [0.717, 1.165) is 31.2 Å². The summed E-state index contributed by atoms with van der Waals surface area (Å²) in [4.78, 5) is 43.2. The van der Waals surface area contributed by atoms with Gasteiger partial charge in [-0.25, -0.2) is 9.78 Å². The number of para-hydroxylation sites is 2. The van der Waals surface area contributed by atoms with Crippen molar-refractivity contribution in [3.8, 4) is 0 Å². The number of oxazole rings is 1. The number of rotatable bonds is 10. The third kappa shape index (κ3) is 6.71. The second-order valence-corrected chi connectivity index (χ2v) is 9.36. The van der Waals surface area contributed by atoms with Crippen LogP contribution in [0.1, 0.15) is 61.2 Å². The molecule has 1 aliphatic carbocycles. The number of carbonyl (C=O) groups excluding carboxylic acids is 3. The molecule has 0 aliphatic heterocycles. The summed E-state index contributed by atoms with van der Waals surface area (Å²) in [6.07, 6.45) is 6.24. The summed E-state index contributed by atoms with van der Waals surface area (Å²) in [5, 5.41) is 5.56. The summed E-state index contributed by atoms with van der Waals surface area (Å²) in [5.74, 6) is -0.514. The number of hydrogen-bond donors (Lipinski definition) is 2. The van der Waals surface area contributed by atoms with Crippen LogP contribution in [0.5, 0.6) is 0 Å². The SMILES string of the molecule is COC(=O)NC(CC1CCCCC1)C(=O)NC(CCc1ccccc1)C(=O)c1nc2ccccc2o1. The molecule has 0 radical (unpaired) electrons. The molecule has 4 rings (SSSR count). The van der Waals surface area contributed by atoms with E-state index >= 15 is 0 Å². The van der Waals surface area contributed by atoms with Gasteiger partial charge in [0, 0.05) is 0 Å². The minimum atomic E-state index is -0.862. The zero-order valence-corrected chi connectivity index (χ0v) is 20.6. The van der Waals surface area contributed by atoms with E-state index in [-0.39, 0.29) is 5.89 Å². The molecule has 1 heterocycles. The van der Waals surface area contributed by atoms with E-state index in [2.05, 4.69) is 15.6 Å². The second-order valence-electron chi connectivity index (χ2n) is 9.36. The van der Waals surface area contributed by atoms with Crippen LogP contribution in [-0.4, -0.2) is 42.0 Å². The monoisotopic (exact) mass is 491 g/mol. The molecule has 8 nitrogen and oxygen atoms in total. The minimum absolute atomic E-state index is 0.0423. The Balaban J connectivity index is 1.53. The molecule has 0 spiro atoms. The molecule has 2 N–H and O–H groups in total. The maximum atomic E-state index is 13.5. The summed E-state index contributed by atoms with van der Waals surface area (Å²) in [5.41, 5.74) is 2.14. The number of aryl methyl sites for hydroxylation is 1. The van der Waals surface area contributed by atoms with Crippen LogP contribution < -0.4 is 10.6 Å². The van der Waals surface area contributed by atoms with Gasteiger partial charge >= 0.3 is 6.09 Å². The molecular weight excluding hydrogens is 458 g/mol. The number of Topliss-reactive ketones (excluding diaryl/α,β-unsaturated/α-hetero) is 1. The van der Waals surface area contributed by atoms with Gasteiger partial charge in [0.05, 0.1) is 13.2 Å². The Bertz CT molecular complexity index is 1140.